The van der Waals surface area contributed by atoms with E-state index in [4.69, 9.17) is 37.9 Å². The van der Waals surface area contributed by atoms with Crippen LogP contribution in [0.2, 0.25) is 0 Å². The highest BCUT2D eigenvalue weighted by Crippen LogP contribution is 2.19. The Labute approximate surface area is 305 Å². The average Bonchev–Trinajstić information content (AvgIpc) is 3.10. The molecule has 0 atom stereocenters. The SMILES string of the molecule is COCCOCCOCCOCCNC(=O)CCCC(=O)NCCSSCCNC(=O)CCCC(=O)NCCOCCOCCOCCOC. The molecule has 294 valence electrons. The summed E-state index contributed by atoms with van der Waals surface area (Å²) in [7, 11) is 6.48. The predicted octanol–water partition coefficient (Wildman–Crippen LogP) is 0.566. The Morgan fingerprint density at radius 3 is 0.940 bits per heavy atom. The van der Waals surface area contributed by atoms with Crippen molar-refractivity contribution in [3.8, 4) is 0 Å². The molecule has 0 spiro atoms. The molecule has 0 bridgehead atoms. The second kappa shape index (κ2) is 40.0. The van der Waals surface area contributed by atoms with Gasteiger partial charge in [-0.25, -0.2) is 0 Å². The monoisotopic (exact) mass is 758 g/mol. The highest BCUT2D eigenvalue weighted by atomic mass is 33.1. The van der Waals surface area contributed by atoms with E-state index in [1.807, 2.05) is 0 Å². The first-order valence-electron chi connectivity index (χ1n) is 17.2. The number of carbonyl (C=O) groups is 4. The van der Waals surface area contributed by atoms with Gasteiger partial charge in [-0.1, -0.05) is 21.6 Å². The number of hydrogen-bond donors (Lipinski definition) is 4. The summed E-state index contributed by atoms with van der Waals surface area (Å²) < 4.78 is 41.9. The van der Waals surface area contributed by atoms with Crippen LogP contribution in [0.1, 0.15) is 38.5 Å². The van der Waals surface area contributed by atoms with Crippen molar-refractivity contribution in [2.75, 3.05) is 144 Å². The third-order valence-corrected chi connectivity index (χ3v) is 8.61. The fourth-order valence-corrected chi connectivity index (χ4v) is 5.46. The van der Waals surface area contributed by atoms with E-state index < -0.39 is 0 Å². The van der Waals surface area contributed by atoms with Crippen LogP contribution in [-0.4, -0.2) is 168 Å². The van der Waals surface area contributed by atoms with E-state index in [-0.39, 0.29) is 36.5 Å². The van der Waals surface area contributed by atoms with E-state index in [1.54, 1.807) is 35.8 Å². The standard InChI is InChI=1S/C32H62N4O12S2/c1-41-15-17-45-23-25-47-21-19-43-13-9-33-29(37)5-3-7-31(39)35-11-27-49-50-28-12-36-32(40)8-4-6-30(38)34-10-14-44-20-22-48-26-24-46-18-16-42-2/h3-28H2,1-2H3,(H,33,37)(H,34,38)(H,35,39)(H,36,40). The van der Waals surface area contributed by atoms with E-state index in [1.165, 1.54) is 0 Å². The molecule has 0 fully saturated rings. The first kappa shape index (κ1) is 48.3. The van der Waals surface area contributed by atoms with Crippen LogP contribution in [0, 0.1) is 0 Å². The van der Waals surface area contributed by atoms with Gasteiger partial charge in [0.25, 0.3) is 0 Å². The summed E-state index contributed by atoms with van der Waals surface area (Å²) in [6, 6.07) is 0. The van der Waals surface area contributed by atoms with Gasteiger partial charge >= 0.3 is 0 Å². The predicted molar refractivity (Wildman–Crippen MR) is 193 cm³/mol. The fraction of sp³-hybridized carbons (Fsp3) is 0.875. The normalized spacial score (nSPS) is 11.0. The van der Waals surface area contributed by atoms with Crippen molar-refractivity contribution in [1.29, 1.82) is 0 Å². The van der Waals surface area contributed by atoms with Crippen molar-refractivity contribution >= 4 is 45.2 Å². The van der Waals surface area contributed by atoms with Gasteiger partial charge in [0.2, 0.25) is 23.6 Å². The molecular weight excluding hydrogens is 697 g/mol. The molecule has 4 N–H and O–H groups in total. The molecule has 0 rings (SSSR count). The Morgan fingerprint density at radius 1 is 0.380 bits per heavy atom. The van der Waals surface area contributed by atoms with Crippen LogP contribution in [0.3, 0.4) is 0 Å². The fourth-order valence-electron chi connectivity index (χ4n) is 3.65. The summed E-state index contributed by atoms with van der Waals surface area (Å²) in [5, 5.41) is 11.3. The van der Waals surface area contributed by atoms with Gasteiger partial charge in [0.15, 0.2) is 0 Å². The molecule has 16 nitrogen and oxygen atoms in total. The maximum absolute atomic E-state index is 12.0. The Balaban J connectivity index is 3.41. The van der Waals surface area contributed by atoms with Crippen molar-refractivity contribution < 1.29 is 57.1 Å². The van der Waals surface area contributed by atoms with Gasteiger partial charge in [-0.2, -0.15) is 0 Å². The zero-order chi connectivity index (χ0) is 36.6. The molecule has 0 saturated carbocycles. The van der Waals surface area contributed by atoms with Gasteiger partial charge < -0.3 is 59.2 Å². The van der Waals surface area contributed by atoms with E-state index in [0.29, 0.717) is 144 Å². The Bertz CT molecular complexity index is 757. The topological polar surface area (TPSA) is 190 Å². The second-order valence-electron chi connectivity index (χ2n) is 10.4. The van der Waals surface area contributed by atoms with Gasteiger partial charge in [-0.15, -0.1) is 0 Å². The second-order valence-corrected chi connectivity index (χ2v) is 13.1. The summed E-state index contributed by atoms with van der Waals surface area (Å²) in [6.45, 7) is 8.69. The highest BCUT2D eigenvalue weighted by Gasteiger charge is 2.07. The van der Waals surface area contributed by atoms with Crippen LogP contribution in [0.4, 0.5) is 0 Å². The number of carbonyl (C=O) groups excluding carboxylic acids is 4. The number of rotatable bonds is 39. The lowest BCUT2D eigenvalue weighted by molar-refractivity contribution is -0.124. The van der Waals surface area contributed by atoms with Crippen molar-refractivity contribution in [3.63, 3.8) is 0 Å². The molecule has 4 amide bonds. The maximum Gasteiger partial charge on any atom is 0.220 e. The molecule has 0 aliphatic rings. The largest absolute Gasteiger partial charge is 0.382 e. The number of methoxy groups -OCH3 is 2. The molecule has 0 heterocycles. The van der Waals surface area contributed by atoms with Crippen LogP contribution < -0.4 is 21.3 Å². The minimum atomic E-state index is -0.109. The summed E-state index contributed by atoms with van der Waals surface area (Å²) in [6.07, 6.45) is 2.10. The molecule has 0 radical (unpaired) electrons. The van der Waals surface area contributed by atoms with E-state index in [2.05, 4.69) is 21.3 Å². The maximum atomic E-state index is 12.0. The first-order valence-corrected chi connectivity index (χ1v) is 19.7. The first-order chi connectivity index (χ1) is 24.5. The Morgan fingerprint density at radius 2 is 0.640 bits per heavy atom. The number of hydrogen-bond acceptors (Lipinski definition) is 14. The molecule has 0 saturated heterocycles. The van der Waals surface area contributed by atoms with E-state index >= 15 is 0 Å². The van der Waals surface area contributed by atoms with Crippen molar-refractivity contribution in [2.45, 2.75) is 38.5 Å². The lowest BCUT2D eigenvalue weighted by atomic mass is 10.2. The molecule has 50 heavy (non-hydrogen) atoms. The minimum Gasteiger partial charge on any atom is -0.382 e. The average molecular weight is 759 g/mol. The highest BCUT2D eigenvalue weighted by molar-refractivity contribution is 8.76. The van der Waals surface area contributed by atoms with Crippen LogP contribution in [0.5, 0.6) is 0 Å². The van der Waals surface area contributed by atoms with Crippen molar-refractivity contribution in [2.24, 2.45) is 0 Å². The summed E-state index contributed by atoms with van der Waals surface area (Å²) >= 11 is 0. The molecule has 0 aromatic heterocycles. The molecule has 0 aromatic rings. The molecule has 18 heteroatoms. The van der Waals surface area contributed by atoms with Gasteiger partial charge in [-0.3, -0.25) is 19.2 Å². The third kappa shape index (κ3) is 39.1. The van der Waals surface area contributed by atoms with Crippen molar-refractivity contribution in [1.82, 2.24) is 21.3 Å². The van der Waals surface area contributed by atoms with E-state index in [9.17, 15) is 19.2 Å². The van der Waals surface area contributed by atoms with Crippen LogP contribution in [0.15, 0.2) is 0 Å². The third-order valence-electron chi connectivity index (χ3n) is 6.20. The molecule has 0 aromatic carbocycles. The number of nitrogens with one attached hydrogen (secondary N) is 4. The quantitative estimate of drug-likeness (QED) is 0.0503. The summed E-state index contributed by atoms with van der Waals surface area (Å²) in [5.41, 5.74) is 0. The summed E-state index contributed by atoms with van der Waals surface area (Å²) in [4.78, 5) is 47.8. The van der Waals surface area contributed by atoms with Gasteiger partial charge in [-0.05, 0) is 12.8 Å². The van der Waals surface area contributed by atoms with Gasteiger partial charge in [0.1, 0.15) is 0 Å². The zero-order valence-corrected chi connectivity index (χ0v) is 31.7. The molecular formula is C32H62N4O12S2. The number of ether oxygens (including phenoxy) is 8. The van der Waals surface area contributed by atoms with E-state index in [0.717, 1.165) is 11.5 Å². The number of amides is 4. The van der Waals surface area contributed by atoms with Crippen LogP contribution in [-0.2, 0) is 57.1 Å². The lowest BCUT2D eigenvalue weighted by Crippen LogP contribution is -2.29. The summed E-state index contributed by atoms with van der Waals surface area (Å²) in [5.74, 6) is 1.09. The van der Waals surface area contributed by atoms with Crippen LogP contribution in [0.25, 0.3) is 0 Å². The van der Waals surface area contributed by atoms with Gasteiger partial charge in [0, 0.05) is 77.6 Å². The van der Waals surface area contributed by atoms with Gasteiger partial charge in [0.05, 0.1) is 92.5 Å². The molecule has 0 aliphatic carbocycles. The smallest absolute Gasteiger partial charge is 0.220 e. The minimum absolute atomic E-state index is 0.0809. The molecule has 0 unspecified atom stereocenters. The van der Waals surface area contributed by atoms with Crippen molar-refractivity contribution in [3.05, 3.63) is 0 Å². The Kier molecular flexibility index (Phi) is 38.6. The molecule has 0 aliphatic heterocycles. The van der Waals surface area contributed by atoms with Crippen LogP contribution >= 0.6 is 21.6 Å². The zero-order valence-electron chi connectivity index (χ0n) is 30.1. The Hall–Kier alpha value is -1.74. The lowest BCUT2D eigenvalue weighted by Gasteiger charge is -2.08.